The molecule has 1 aliphatic rings. The lowest BCUT2D eigenvalue weighted by Gasteiger charge is -2.12. The van der Waals surface area contributed by atoms with E-state index < -0.39 is 6.17 Å². The number of benzene rings is 2. The summed E-state index contributed by atoms with van der Waals surface area (Å²) >= 11 is 0. The summed E-state index contributed by atoms with van der Waals surface area (Å²) in [6.45, 7) is 4.42. The zero-order valence-electron chi connectivity index (χ0n) is 26.5. The van der Waals surface area contributed by atoms with Crippen LogP contribution in [0.4, 0.5) is 4.39 Å². The van der Waals surface area contributed by atoms with Crippen molar-refractivity contribution in [2.75, 3.05) is 14.1 Å². The number of alkyl halides is 1. The van der Waals surface area contributed by atoms with E-state index in [4.69, 9.17) is 15.1 Å². The van der Waals surface area contributed by atoms with Gasteiger partial charge in [-0.1, -0.05) is 38.1 Å². The Labute approximate surface area is 261 Å². The van der Waals surface area contributed by atoms with Gasteiger partial charge in [-0.15, -0.1) is 0 Å². The van der Waals surface area contributed by atoms with Crippen molar-refractivity contribution in [3.8, 4) is 22.6 Å². The summed E-state index contributed by atoms with van der Waals surface area (Å²) in [5.41, 5.74) is 7.69. The van der Waals surface area contributed by atoms with Crippen molar-refractivity contribution in [2.45, 2.75) is 51.2 Å². The third kappa shape index (κ3) is 5.18. The van der Waals surface area contributed by atoms with Gasteiger partial charge < -0.3 is 9.47 Å². The fourth-order valence-corrected chi connectivity index (χ4v) is 6.30. The Morgan fingerprint density at radius 1 is 1.00 bits per heavy atom. The number of aryl methyl sites for hydroxylation is 1. The maximum Gasteiger partial charge on any atom is 0.253 e. The number of carbonyl (C=O) groups is 1. The summed E-state index contributed by atoms with van der Waals surface area (Å²) in [6.07, 6.45) is 4.88. The Morgan fingerprint density at radius 3 is 2.44 bits per heavy atom. The molecule has 0 radical (unpaired) electrons. The number of nitrogens with zero attached hydrogens (tertiary/aromatic N) is 8. The Morgan fingerprint density at radius 2 is 1.76 bits per heavy atom. The number of fused-ring (bicyclic) bond motifs is 2. The maximum atomic E-state index is 15.5. The van der Waals surface area contributed by atoms with Crippen molar-refractivity contribution >= 4 is 27.8 Å². The van der Waals surface area contributed by atoms with Gasteiger partial charge in [0.2, 0.25) is 0 Å². The van der Waals surface area contributed by atoms with E-state index in [0.717, 1.165) is 68.8 Å². The number of amides is 1. The predicted octanol–water partition coefficient (Wildman–Crippen LogP) is 6.80. The highest BCUT2D eigenvalue weighted by Crippen LogP contribution is 2.45. The normalized spacial score (nSPS) is 14.1. The molecule has 0 aliphatic heterocycles. The topological polar surface area (TPSA) is 86.7 Å². The number of hydrogen-bond donors (Lipinski definition) is 0. The Balaban J connectivity index is 1.27. The monoisotopic (exact) mass is 604 g/mol. The first kappa shape index (κ1) is 28.9. The molecule has 1 aliphatic carbocycles. The second kappa shape index (κ2) is 10.9. The summed E-state index contributed by atoms with van der Waals surface area (Å²) in [6, 6.07) is 14.9. The third-order valence-electron chi connectivity index (χ3n) is 8.66. The first-order valence-electron chi connectivity index (χ1n) is 15.4. The summed E-state index contributed by atoms with van der Waals surface area (Å²) < 4.78 is 21.2. The standard InChI is InChI=1S/C35H37FN8O/c1-20(2)32-31(38-34(43(32)6)26-16-24-17-42(5)40-33(24)37-30(26)22-12-13-22)25-8-7-9-29-27(25)18-44(39-29)19-28(36)21-10-14-23(15-11-21)35(45)41(3)4/h7-11,14-18,20,22,28H,12-13,19H2,1-6H3. The van der Waals surface area contributed by atoms with Gasteiger partial charge in [0.1, 0.15) is 12.0 Å². The summed E-state index contributed by atoms with van der Waals surface area (Å²) in [5.74, 6) is 1.40. The second-order valence-corrected chi connectivity index (χ2v) is 12.7. The van der Waals surface area contributed by atoms with Gasteiger partial charge in [-0.05, 0) is 48.6 Å². The SMILES string of the molecule is CC(C)c1c(-c2cccc3nn(CC(F)c4ccc(C(=O)N(C)C)cc4)cc23)nc(-c2cc3cn(C)nc3nc2C2CC2)n1C. The van der Waals surface area contributed by atoms with Gasteiger partial charge in [0.05, 0.1) is 23.4 Å². The van der Waals surface area contributed by atoms with Crippen LogP contribution in [0.25, 0.3) is 44.6 Å². The average Bonchev–Trinajstić information content (AvgIpc) is 3.53. The van der Waals surface area contributed by atoms with Crippen molar-refractivity contribution in [2.24, 2.45) is 14.1 Å². The van der Waals surface area contributed by atoms with Gasteiger partial charge in [-0.25, -0.2) is 14.4 Å². The molecule has 4 heterocycles. The van der Waals surface area contributed by atoms with E-state index in [1.807, 2.05) is 36.3 Å². The molecule has 10 heteroatoms. The molecule has 1 saturated carbocycles. The zero-order valence-corrected chi connectivity index (χ0v) is 26.5. The fraction of sp³-hybridized carbons (Fsp3) is 0.343. The van der Waals surface area contributed by atoms with Crippen molar-refractivity contribution in [3.63, 3.8) is 0 Å². The van der Waals surface area contributed by atoms with Crippen LogP contribution in [0.5, 0.6) is 0 Å². The lowest BCUT2D eigenvalue weighted by molar-refractivity contribution is 0.0827. The van der Waals surface area contributed by atoms with E-state index in [1.165, 1.54) is 4.90 Å². The minimum Gasteiger partial charge on any atom is -0.345 e. The number of rotatable bonds is 8. The molecular formula is C35H37FN8O. The number of pyridine rings is 1. The lowest BCUT2D eigenvalue weighted by atomic mass is 10.0. The molecule has 7 rings (SSSR count). The fourth-order valence-electron chi connectivity index (χ4n) is 6.30. The molecule has 1 amide bonds. The molecule has 0 N–H and O–H groups in total. The number of carbonyl (C=O) groups excluding carboxylic acids is 1. The van der Waals surface area contributed by atoms with Gasteiger partial charge in [0, 0.05) is 79.7 Å². The van der Waals surface area contributed by atoms with E-state index in [1.54, 1.807) is 43.0 Å². The van der Waals surface area contributed by atoms with E-state index in [0.29, 0.717) is 17.0 Å². The van der Waals surface area contributed by atoms with Crippen LogP contribution in [0.15, 0.2) is 60.9 Å². The number of imidazole rings is 1. The molecular weight excluding hydrogens is 567 g/mol. The zero-order chi connectivity index (χ0) is 31.6. The molecule has 2 aromatic carbocycles. The van der Waals surface area contributed by atoms with Crippen LogP contribution in [0, 0.1) is 0 Å². The van der Waals surface area contributed by atoms with Crippen LogP contribution in [0.3, 0.4) is 0 Å². The van der Waals surface area contributed by atoms with Gasteiger partial charge in [-0.3, -0.25) is 14.2 Å². The predicted molar refractivity (Wildman–Crippen MR) is 174 cm³/mol. The van der Waals surface area contributed by atoms with Crippen LogP contribution < -0.4 is 0 Å². The Bertz CT molecular complexity index is 2060. The molecule has 230 valence electrons. The van der Waals surface area contributed by atoms with E-state index in [-0.39, 0.29) is 18.4 Å². The maximum absolute atomic E-state index is 15.5. The smallest absolute Gasteiger partial charge is 0.253 e. The highest BCUT2D eigenvalue weighted by molar-refractivity contribution is 5.95. The van der Waals surface area contributed by atoms with Crippen molar-refractivity contribution in [1.82, 2.24) is 39.0 Å². The van der Waals surface area contributed by atoms with Crippen LogP contribution in [-0.4, -0.2) is 59.0 Å². The Kier molecular flexibility index (Phi) is 7.02. The number of hydrogen-bond acceptors (Lipinski definition) is 5. The van der Waals surface area contributed by atoms with Crippen LogP contribution in [0.1, 0.15) is 72.0 Å². The average molecular weight is 605 g/mol. The van der Waals surface area contributed by atoms with Crippen LogP contribution in [0.2, 0.25) is 0 Å². The highest BCUT2D eigenvalue weighted by Gasteiger charge is 2.32. The third-order valence-corrected chi connectivity index (χ3v) is 8.66. The van der Waals surface area contributed by atoms with Crippen LogP contribution in [-0.2, 0) is 20.6 Å². The van der Waals surface area contributed by atoms with Gasteiger partial charge >= 0.3 is 0 Å². The van der Waals surface area contributed by atoms with E-state index >= 15 is 4.39 Å². The molecule has 6 aromatic rings. The van der Waals surface area contributed by atoms with E-state index in [2.05, 4.69) is 42.7 Å². The van der Waals surface area contributed by atoms with Crippen molar-refractivity contribution in [1.29, 1.82) is 0 Å². The molecule has 4 aromatic heterocycles. The Hall–Kier alpha value is -4.86. The molecule has 45 heavy (non-hydrogen) atoms. The second-order valence-electron chi connectivity index (χ2n) is 12.7. The largest absolute Gasteiger partial charge is 0.345 e. The quantitative estimate of drug-likeness (QED) is 0.191. The molecule has 1 unspecified atom stereocenters. The molecule has 1 atom stereocenters. The first-order valence-corrected chi connectivity index (χ1v) is 15.4. The molecule has 9 nitrogen and oxygen atoms in total. The summed E-state index contributed by atoms with van der Waals surface area (Å²) in [7, 11) is 7.40. The summed E-state index contributed by atoms with van der Waals surface area (Å²) in [5, 5.41) is 11.2. The van der Waals surface area contributed by atoms with Gasteiger partial charge in [0.25, 0.3) is 5.91 Å². The van der Waals surface area contributed by atoms with Crippen molar-refractivity contribution in [3.05, 3.63) is 83.4 Å². The first-order chi connectivity index (χ1) is 21.6. The number of halogens is 1. The molecule has 1 fully saturated rings. The highest BCUT2D eigenvalue weighted by atomic mass is 19.1. The minimum atomic E-state index is -1.28. The van der Waals surface area contributed by atoms with Gasteiger partial charge in [0.15, 0.2) is 5.65 Å². The number of aromatic nitrogens is 7. The van der Waals surface area contributed by atoms with Crippen molar-refractivity contribution < 1.29 is 9.18 Å². The summed E-state index contributed by atoms with van der Waals surface area (Å²) in [4.78, 5) is 24.1. The molecule has 0 bridgehead atoms. The van der Waals surface area contributed by atoms with Crippen LogP contribution >= 0.6 is 0 Å². The minimum absolute atomic E-state index is 0.0567. The van der Waals surface area contributed by atoms with E-state index in [9.17, 15) is 4.79 Å². The molecule has 0 spiro atoms. The molecule has 0 saturated heterocycles. The lowest BCUT2D eigenvalue weighted by Crippen LogP contribution is -2.21. The van der Waals surface area contributed by atoms with Gasteiger partial charge in [-0.2, -0.15) is 10.2 Å².